The van der Waals surface area contributed by atoms with Gasteiger partial charge < -0.3 is 5.21 Å². The molecule has 0 aliphatic heterocycles. The van der Waals surface area contributed by atoms with E-state index in [4.69, 9.17) is 5.21 Å². The molecule has 0 aliphatic carbocycles. The summed E-state index contributed by atoms with van der Waals surface area (Å²) in [5.74, 6) is -0.949. The molecule has 0 atom stereocenters. The van der Waals surface area contributed by atoms with E-state index in [0.29, 0.717) is 5.56 Å². The first kappa shape index (κ1) is 14.9. The predicted octanol–water partition coefficient (Wildman–Crippen LogP) is 2.22. The third kappa shape index (κ3) is 3.16. The number of hydrogen-bond donors (Lipinski definition) is 2. The molecule has 1 heterocycles. The minimum atomic E-state index is -4.18. The second-order valence-electron chi connectivity index (χ2n) is 4.13. The van der Waals surface area contributed by atoms with Gasteiger partial charge in [0.05, 0.1) is 11.4 Å². The molecule has 8 heteroatoms. The Balaban J connectivity index is 2.46. The molecule has 21 heavy (non-hydrogen) atoms. The van der Waals surface area contributed by atoms with Gasteiger partial charge in [-0.3, -0.25) is 4.72 Å². The molecule has 1 aromatic carbocycles. The SMILES string of the molecule is C/C(=N/O)c1ccccc1NS(=O)(=O)c1ncccc1F. The quantitative estimate of drug-likeness (QED) is 0.514. The van der Waals surface area contributed by atoms with Crippen LogP contribution in [0.5, 0.6) is 0 Å². The van der Waals surface area contributed by atoms with Gasteiger partial charge in [0.1, 0.15) is 0 Å². The molecule has 6 nitrogen and oxygen atoms in total. The van der Waals surface area contributed by atoms with Crippen LogP contribution in [0.2, 0.25) is 0 Å². The molecular formula is C13H12FN3O3S. The monoisotopic (exact) mass is 309 g/mol. The number of nitrogens with one attached hydrogen (secondary N) is 1. The molecule has 0 aliphatic rings. The molecule has 2 rings (SSSR count). The lowest BCUT2D eigenvalue weighted by molar-refractivity contribution is 0.319. The van der Waals surface area contributed by atoms with Crippen molar-refractivity contribution in [1.29, 1.82) is 0 Å². The molecule has 0 amide bonds. The summed E-state index contributed by atoms with van der Waals surface area (Å²) in [6.07, 6.45) is 1.18. The molecule has 0 radical (unpaired) electrons. The van der Waals surface area contributed by atoms with E-state index in [9.17, 15) is 12.8 Å². The van der Waals surface area contributed by atoms with Crippen LogP contribution in [0, 0.1) is 5.82 Å². The van der Waals surface area contributed by atoms with Gasteiger partial charge >= 0.3 is 0 Å². The summed E-state index contributed by atoms with van der Waals surface area (Å²) in [6, 6.07) is 8.60. The number of pyridine rings is 1. The maximum atomic E-state index is 13.6. The Morgan fingerprint density at radius 3 is 2.67 bits per heavy atom. The number of anilines is 1. The molecule has 0 saturated carbocycles. The zero-order valence-electron chi connectivity index (χ0n) is 11.0. The fourth-order valence-electron chi connectivity index (χ4n) is 1.70. The van der Waals surface area contributed by atoms with Crippen LogP contribution in [-0.2, 0) is 10.0 Å². The van der Waals surface area contributed by atoms with Crippen LogP contribution in [0.15, 0.2) is 52.8 Å². The summed E-state index contributed by atoms with van der Waals surface area (Å²) in [4.78, 5) is 3.54. The molecule has 2 N–H and O–H groups in total. The summed E-state index contributed by atoms with van der Waals surface area (Å²) >= 11 is 0. The Kier molecular flexibility index (Phi) is 4.18. The Morgan fingerprint density at radius 2 is 2.00 bits per heavy atom. The smallest absolute Gasteiger partial charge is 0.282 e. The van der Waals surface area contributed by atoms with Crippen molar-refractivity contribution in [2.75, 3.05) is 4.72 Å². The third-order valence-corrected chi connectivity index (χ3v) is 3.99. The second kappa shape index (κ2) is 5.88. The number of oxime groups is 1. The molecule has 0 unspecified atom stereocenters. The first-order chi connectivity index (χ1) is 9.95. The fourth-order valence-corrected chi connectivity index (χ4v) is 2.79. The maximum Gasteiger partial charge on any atom is 0.282 e. The van der Waals surface area contributed by atoms with E-state index in [1.807, 2.05) is 0 Å². The topological polar surface area (TPSA) is 91.7 Å². The summed E-state index contributed by atoms with van der Waals surface area (Å²) in [7, 11) is -4.18. The van der Waals surface area contributed by atoms with Gasteiger partial charge in [-0.25, -0.2) is 9.37 Å². The van der Waals surface area contributed by atoms with E-state index >= 15 is 0 Å². The molecule has 0 saturated heterocycles. The number of halogens is 1. The first-order valence-corrected chi connectivity index (χ1v) is 7.35. The number of hydrogen-bond acceptors (Lipinski definition) is 5. The predicted molar refractivity (Wildman–Crippen MR) is 75.4 cm³/mol. The van der Waals surface area contributed by atoms with Crippen molar-refractivity contribution < 1.29 is 18.0 Å². The molecular weight excluding hydrogens is 297 g/mol. The zero-order chi connectivity index (χ0) is 15.5. The van der Waals surface area contributed by atoms with Crippen LogP contribution in [0.3, 0.4) is 0 Å². The van der Waals surface area contributed by atoms with Crippen LogP contribution < -0.4 is 4.72 Å². The van der Waals surface area contributed by atoms with E-state index in [1.165, 1.54) is 25.3 Å². The van der Waals surface area contributed by atoms with Crippen molar-refractivity contribution in [1.82, 2.24) is 4.98 Å². The van der Waals surface area contributed by atoms with E-state index in [-0.39, 0.29) is 11.4 Å². The molecule has 110 valence electrons. The fraction of sp³-hybridized carbons (Fsp3) is 0.0769. The van der Waals surface area contributed by atoms with Gasteiger partial charge in [-0.05, 0) is 25.1 Å². The van der Waals surface area contributed by atoms with Gasteiger partial charge in [0.2, 0.25) is 5.03 Å². The summed E-state index contributed by atoms with van der Waals surface area (Å²) in [6.45, 7) is 1.51. The number of sulfonamides is 1. The number of rotatable bonds is 4. The van der Waals surface area contributed by atoms with Gasteiger partial charge in [0.25, 0.3) is 10.0 Å². The van der Waals surface area contributed by atoms with Crippen molar-refractivity contribution >= 4 is 21.4 Å². The van der Waals surface area contributed by atoms with Gasteiger partial charge in [-0.15, -0.1) is 0 Å². The van der Waals surface area contributed by atoms with Crippen molar-refractivity contribution in [2.24, 2.45) is 5.16 Å². The minimum Gasteiger partial charge on any atom is -0.411 e. The van der Waals surface area contributed by atoms with Crippen LogP contribution in [0.4, 0.5) is 10.1 Å². The van der Waals surface area contributed by atoms with E-state index in [1.54, 1.807) is 18.2 Å². The normalized spacial score (nSPS) is 12.2. The maximum absolute atomic E-state index is 13.6. The lowest BCUT2D eigenvalue weighted by Crippen LogP contribution is -2.17. The zero-order valence-corrected chi connectivity index (χ0v) is 11.8. The average molecular weight is 309 g/mol. The van der Waals surface area contributed by atoms with Crippen molar-refractivity contribution in [3.63, 3.8) is 0 Å². The van der Waals surface area contributed by atoms with Gasteiger partial charge in [-0.1, -0.05) is 23.4 Å². The lowest BCUT2D eigenvalue weighted by atomic mass is 10.1. The summed E-state index contributed by atoms with van der Waals surface area (Å²) in [5, 5.41) is 11.1. The van der Waals surface area contributed by atoms with Gasteiger partial charge in [-0.2, -0.15) is 8.42 Å². The van der Waals surface area contributed by atoms with Crippen molar-refractivity contribution in [2.45, 2.75) is 11.9 Å². The highest BCUT2D eigenvalue weighted by atomic mass is 32.2. The highest BCUT2D eigenvalue weighted by Crippen LogP contribution is 2.21. The van der Waals surface area contributed by atoms with E-state index < -0.39 is 20.9 Å². The van der Waals surface area contributed by atoms with E-state index in [2.05, 4.69) is 14.9 Å². The second-order valence-corrected chi connectivity index (χ2v) is 5.72. The molecule has 2 aromatic rings. The molecule has 0 fully saturated rings. The van der Waals surface area contributed by atoms with Gasteiger partial charge in [0, 0.05) is 11.8 Å². The van der Waals surface area contributed by atoms with Crippen LogP contribution in [0.25, 0.3) is 0 Å². The van der Waals surface area contributed by atoms with Crippen molar-refractivity contribution in [3.8, 4) is 0 Å². The highest BCUT2D eigenvalue weighted by Gasteiger charge is 2.22. The van der Waals surface area contributed by atoms with Gasteiger partial charge in [0.15, 0.2) is 5.82 Å². The van der Waals surface area contributed by atoms with Crippen LogP contribution in [-0.4, -0.2) is 24.3 Å². The number of para-hydroxylation sites is 1. The Labute approximate surface area is 121 Å². The standard InChI is InChI=1S/C13H12FN3O3S/c1-9(16-18)10-5-2-3-7-12(10)17-21(19,20)13-11(14)6-4-8-15-13/h2-8,17-18H,1H3/b16-9-. The van der Waals surface area contributed by atoms with Crippen molar-refractivity contribution in [3.05, 3.63) is 54.0 Å². The van der Waals surface area contributed by atoms with Crippen LogP contribution in [0.1, 0.15) is 12.5 Å². The third-order valence-electron chi connectivity index (χ3n) is 2.69. The largest absolute Gasteiger partial charge is 0.411 e. The number of nitrogens with zero attached hydrogens (tertiary/aromatic N) is 2. The summed E-state index contributed by atoms with van der Waals surface area (Å²) in [5.41, 5.74) is 0.757. The number of aromatic nitrogens is 1. The number of benzene rings is 1. The molecule has 0 bridgehead atoms. The average Bonchev–Trinajstić information content (AvgIpc) is 2.47. The highest BCUT2D eigenvalue weighted by molar-refractivity contribution is 7.92. The Hall–Kier alpha value is -2.48. The Bertz CT molecular complexity index is 791. The van der Waals surface area contributed by atoms with E-state index in [0.717, 1.165) is 6.07 Å². The molecule has 1 aromatic heterocycles. The summed E-state index contributed by atoms with van der Waals surface area (Å²) < 4.78 is 40.1. The lowest BCUT2D eigenvalue weighted by Gasteiger charge is -2.11. The first-order valence-electron chi connectivity index (χ1n) is 5.87. The Morgan fingerprint density at radius 1 is 1.29 bits per heavy atom. The molecule has 0 spiro atoms. The van der Waals surface area contributed by atoms with Crippen LogP contribution >= 0.6 is 0 Å². The minimum absolute atomic E-state index is 0.165.